The number of carbonyl (C=O) groups is 2. The molecule has 0 spiro atoms. The number of ether oxygens (including phenoxy) is 1. The van der Waals surface area contributed by atoms with Gasteiger partial charge in [0.2, 0.25) is 5.91 Å². The minimum atomic E-state index is -0.710. The van der Waals surface area contributed by atoms with Gasteiger partial charge in [-0.3, -0.25) is 19.5 Å². The molecule has 9 nitrogen and oxygen atoms in total. The number of methoxy groups -OCH3 is 1. The van der Waals surface area contributed by atoms with Gasteiger partial charge in [-0.1, -0.05) is 24.5 Å². The van der Waals surface area contributed by atoms with Gasteiger partial charge in [-0.05, 0) is 31.3 Å². The zero-order chi connectivity index (χ0) is 26.9. The SMILES string of the molecule is C=CC(=O)NC1(C#Cc2cnccc2-c2[nH]c3c(c2Nc2cccc(F)c2OC)C(=O)NCC3)CN(C)C1. The van der Waals surface area contributed by atoms with E-state index in [1.807, 2.05) is 11.9 Å². The highest BCUT2D eigenvalue weighted by atomic mass is 19.1. The van der Waals surface area contributed by atoms with E-state index in [2.05, 4.69) is 44.3 Å². The van der Waals surface area contributed by atoms with Gasteiger partial charge >= 0.3 is 0 Å². The zero-order valence-electron chi connectivity index (χ0n) is 21.1. The molecular formula is C28H27FN6O3. The van der Waals surface area contributed by atoms with Crippen LogP contribution in [0.15, 0.2) is 49.3 Å². The minimum Gasteiger partial charge on any atom is -0.492 e. The van der Waals surface area contributed by atoms with Crippen molar-refractivity contribution in [2.45, 2.75) is 12.0 Å². The molecule has 0 aliphatic carbocycles. The summed E-state index contributed by atoms with van der Waals surface area (Å²) < 4.78 is 19.7. The number of para-hydroxylation sites is 1. The molecule has 0 saturated carbocycles. The molecule has 5 rings (SSSR count). The quantitative estimate of drug-likeness (QED) is 0.297. The third-order valence-electron chi connectivity index (χ3n) is 6.55. The smallest absolute Gasteiger partial charge is 0.255 e. The molecule has 2 amide bonds. The van der Waals surface area contributed by atoms with Crippen LogP contribution < -0.4 is 20.7 Å². The lowest BCUT2D eigenvalue weighted by atomic mass is 9.90. The molecule has 2 aliphatic rings. The van der Waals surface area contributed by atoms with Gasteiger partial charge in [0, 0.05) is 49.7 Å². The van der Waals surface area contributed by atoms with Crippen LogP contribution in [0.4, 0.5) is 15.8 Å². The van der Waals surface area contributed by atoms with E-state index in [9.17, 15) is 14.0 Å². The van der Waals surface area contributed by atoms with Gasteiger partial charge in [0.05, 0.1) is 35.3 Å². The Kier molecular flexibility index (Phi) is 6.61. The third kappa shape index (κ3) is 4.60. The van der Waals surface area contributed by atoms with E-state index in [0.717, 1.165) is 5.69 Å². The van der Waals surface area contributed by atoms with Crippen molar-refractivity contribution in [2.75, 3.05) is 39.1 Å². The lowest BCUT2D eigenvalue weighted by Gasteiger charge is -2.45. The summed E-state index contributed by atoms with van der Waals surface area (Å²) in [5.74, 6) is 5.40. The molecule has 2 aromatic heterocycles. The van der Waals surface area contributed by atoms with E-state index in [1.54, 1.807) is 30.6 Å². The number of halogens is 1. The Bertz CT molecular complexity index is 1500. The predicted molar refractivity (Wildman–Crippen MR) is 142 cm³/mol. The summed E-state index contributed by atoms with van der Waals surface area (Å²) in [6.45, 7) is 5.17. The lowest BCUT2D eigenvalue weighted by molar-refractivity contribution is -0.119. The molecule has 1 fully saturated rings. The fourth-order valence-corrected chi connectivity index (χ4v) is 4.91. The number of nitrogens with one attached hydrogen (secondary N) is 4. The number of hydrogen-bond donors (Lipinski definition) is 4. The second kappa shape index (κ2) is 10.0. The van der Waals surface area contributed by atoms with Crippen molar-refractivity contribution >= 4 is 23.2 Å². The number of nitrogens with zero attached hydrogens (tertiary/aromatic N) is 2. The van der Waals surface area contributed by atoms with Crippen molar-refractivity contribution in [3.05, 3.63) is 72.0 Å². The minimum absolute atomic E-state index is 0.0355. The summed E-state index contributed by atoms with van der Waals surface area (Å²) >= 11 is 0. The number of benzene rings is 1. The molecule has 194 valence electrons. The summed E-state index contributed by atoms with van der Waals surface area (Å²) in [4.78, 5) is 34.7. The Morgan fingerprint density at radius 1 is 1.34 bits per heavy atom. The highest BCUT2D eigenvalue weighted by Gasteiger charge is 2.40. The van der Waals surface area contributed by atoms with Crippen LogP contribution in [0, 0.1) is 17.7 Å². The Labute approximate surface area is 219 Å². The Balaban J connectivity index is 1.62. The van der Waals surface area contributed by atoms with Gasteiger partial charge in [-0.25, -0.2) is 4.39 Å². The van der Waals surface area contributed by atoms with Gasteiger partial charge < -0.3 is 25.7 Å². The number of likely N-dealkylation sites (tertiary alicyclic amines) is 1. The van der Waals surface area contributed by atoms with Gasteiger partial charge in [0.25, 0.3) is 5.91 Å². The van der Waals surface area contributed by atoms with Crippen molar-refractivity contribution in [3.8, 4) is 28.8 Å². The van der Waals surface area contributed by atoms with Crippen molar-refractivity contribution in [1.29, 1.82) is 0 Å². The fraction of sp³-hybridized carbons (Fsp3) is 0.250. The summed E-state index contributed by atoms with van der Waals surface area (Å²) in [5, 5.41) is 9.04. The van der Waals surface area contributed by atoms with Gasteiger partial charge in [0.15, 0.2) is 11.6 Å². The molecule has 0 radical (unpaired) electrons. The second-order valence-electron chi connectivity index (χ2n) is 9.30. The molecule has 0 bridgehead atoms. The van der Waals surface area contributed by atoms with Crippen molar-refractivity contribution in [1.82, 2.24) is 25.5 Å². The molecule has 3 aromatic rings. The number of rotatable bonds is 6. The molecule has 2 aliphatic heterocycles. The van der Waals surface area contributed by atoms with E-state index >= 15 is 0 Å². The maximum Gasteiger partial charge on any atom is 0.255 e. The molecular weight excluding hydrogens is 487 g/mol. The number of aromatic nitrogens is 2. The van der Waals surface area contributed by atoms with Crippen LogP contribution in [0.2, 0.25) is 0 Å². The zero-order valence-corrected chi connectivity index (χ0v) is 21.1. The molecule has 0 unspecified atom stereocenters. The molecule has 1 aromatic carbocycles. The van der Waals surface area contributed by atoms with Crippen LogP contribution in [0.3, 0.4) is 0 Å². The number of amides is 2. The summed E-state index contributed by atoms with van der Waals surface area (Å²) in [6.07, 6.45) is 5.11. The molecule has 10 heteroatoms. The largest absolute Gasteiger partial charge is 0.492 e. The van der Waals surface area contributed by atoms with Crippen LogP contribution in [0.25, 0.3) is 11.3 Å². The van der Waals surface area contributed by atoms with Crippen molar-refractivity contribution < 1.29 is 18.7 Å². The first-order valence-electron chi connectivity index (χ1n) is 12.1. The van der Waals surface area contributed by atoms with E-state index in [-0.39, 0.29) is 17.6 Å². The average Bonchev–Trinajstić information content (AvgIpc) is 3.26. The Morgan fingerprint density at radius 2 is 2.16 bits per heavy atom. The van der Waals surface area contributed by atoms with Crippen LogP contribution in [0.1, 0.15) is 21.6 Å². The number of pyridine rings is 1. The first kappa shape index (κ1) is 25.0. The fourth-order valence-electron chi connectivity index (χ4n) is 4.91. The van der Waals surface area contributed by atoms with E-state index in [1.165, 1.54) is 19.3 Å². The highest BCUT2D eigenvalue weighted by molar-refractivity contribution is 6.06. The number of aromatic amines is 1. The molecule has 4 N–H and O–H groups in total. The summed E-state index contributed by atoms with van der Waals surface area (Å²) in [7, 11) is 3.34. The molecule has 4 heterocycles. The average molecular weight is 515 g/mol. The molecule has 1 saturated heterocycles. The maximum atomic E-state index is 14.5. The first-order valence-corrected chi connectivity index (χ1v) is 12.1. The van der Waals surface area contributed by atoms with Crippen LogP contribution in [-0.2, 0) is 11.2 Å². The van der Waals surface area contributed by atoms with Gasteiger partial charge in [-0.15, -0.1) is 0 Å². The maximum absolute atomic E-state index is 14.5. The Hall–Kier alpha value is -4.62. The van der Waals surface area contributed by atoms with Crippen molar-refractivity contribution in [2.24, 2.45) is 0 Å². The summed E-state index contributed by atoms with van der Waals surface area (Å²) in [6, 6.07) is 6.35. The number of fused-ring (bicyclic) bond motifs is 1. The highest BCUT2D eigenvalue weighted by Crippen LogP contribution is 2.40. The number of H-pyrrole nitrogens is 1. The van der Waals surface area contributed by atoms with Crippen LogP contribution in [-0.4, -0.2) is 66.0 Å². The normalized spacial score (nSPS) is 15.7. The summed E-state index contributed by atoms with van der Waals surface area (Å²) in [5.41, 5.74) is 3.26. The number of hydrogen-bond acceptors (Lipinski definition) is 6. The number of anilines is 2. The monoisotopic (exact) mass is 514 g/mol. The van der Waals surface area contributed by atoms with Crippen LogP contribution in [0.5, 0.6) is 5.75 Å². The second-order valence-corrected chi connectivity index (χ2v) is 9.30. The predicted octanol–water partition coefficient (Wildman–Crippen LogP) is 2.59. The number of likely N-dealkylation sites (N-methyl/N-ethyl adjacent to an activating group) is 1. The van der Waals surface area contributed by atoms with Crippen LogP contribution >= 0.6 is 0 Å². The topological polar surface area (TPSA) is 111 Å². The Morgan fingerprint density at radius 3 is 2.89 bits per heavy atom. The molecule has 0 atom stereocenters. The van der Waals surface area contributed by atoms with E-state index in [0.29, 0.717) is 59.8 Å². The number of carbonyl (C=O) groups excluding carboxylic acids is 2. The first-order chi connectivity index (χ1) is 18.3. The van der Waals surface area contributed by atoms with Gasteiger partial charge in [0.1, 0.15) is 5.54 Å². The molecule has 38 heavy (non-hydrogen) atoms. The van der Waals surface area contributed by atoms with Crippen molar-refractivity contribution in [3.63, 3.8) is 0 Å². The lowest BCUT2D eigenvalue weighted by Crippen LogP contribution is -2.68. The third-order valence-corrected chi connectivity index (χ3v) is 6.55. The standard InChI is InChI=1S/C28H27FN6O3/c1-4-22(36)34-28(15-35(2)16-28)11-8-17-14-30-12-9-18(17)24-25(23-20(32-24)10-13-31-27(23)37)33-21-7-5-6-19(29)26(21)38-3/h4-7,9,12,14,32-33H,1,10,13,15-16H2,2-3H3,(H,31,37)(H,34,36). The van der Waals surface area contributed by atoms with Gasteiger partial charge in [-0.2, -0.15) is 0 Å². The van der Waals surface area contributed by atoms with E-state index in [4.69, 9.17) is 4.74 Å². The van der Waals surface area contributed by atoms with E-state index < -0.39 is 11.4 Å².